The number of ether oxygens (including phenoxy) is 1. The number of aliphatic hydroxyl groups is 1. The van der Waals surface area contributed by atoms with E-state index in [4.69, 9.17) is 18.9 Å². The lowest BCUT2D eigenvalue weighted by Gasteiger charge is -2.35. The van der Waals surface area contributed by atoms with E-state index in [-0.39, 0.29) is 18.7 Å². The molecule has 0 aromatic heterocycles. The van der Waals surface area contributed by atoms with Crippen molar-refractivity contribution in [3.63, 3.8) is 0 Å². The second kappa shape index (κ2) is 9.74. The van der Waals surface area contributed by atoms with Gasteiger partial charge >= 0.3 is 19.7 Å². The molecule has 33 heavy (non-hydrogen) atoms. The van der Waals surface area contributed by atoms with Gasteiger partial charge in [-0.15, -0.1) is 0 Å². The Morgan fingerprint density at radius 1 is 1.42 bits per heavy atom. The van der Waals surface area contributed by atoms with Crippen molar-refractivity contribution in [1.82, 2.24) is 15.3 Å². The maximum absolute atomic E-state index is 15.3. The van der Waals surface area contributed by atoms with Gasteiger partial charge in [-0.25, -0.2) is 13.8 Å². The first-order chi connectivity index (χ1) is 15.4. The first kappa shape index (κ1) is 25.1. The van der Waals surface area contributed by atoms with Crippen LogP contribution in [0.15, 0.2) is 30.3 Å². The van der Waals surface area contributed by atoms with Crippen molar-refractivity contribution in [2.75, 3.05) is 13.2 Å². The Kier molecular flexibility index (Phi) is 7.39. The number of aliphatic hydroxyl groups excluding tert-OH is 1. The summed E-state index contributed by atoms with van der Waals surface area (Å²) in [5.74, 6) is -1.73. The molecule has 3 amide bonds. The number of imide groups is 1. The van der Waals surface area contributed by atoms with E-state index in [1.165, 1.54) is 19.1 Å². The fourth-order valence-corrected chi connectivity index (χ4v) is 4.87. The Morgan fingerprint density at radius 2 is 2.09 bits per heavy atom. The molecule has 12 nitrogen and oxygen atoms in total. The molecule has 0 radical (unpaired) electrons. The van der Waals surface area contributed by atoms with Crippen molar-refractivity contribution >= 4 is 25.7 Å². The van der Waals surface area contributed by atoms with E-state index in [9.17, 15) is 24.1 Å². The van der Waals surface area contributed by atoms with Gasteiger partial charge in [0, 0.05) is 13.0 Å². The zero-order chi connectivity index (χ0) is 24.4. The SMILES string of the molecule is C[C@H](N[P@](=O)(OC[C@H]1O[C@@H](N2CCC(=O)NC2=O)[C@](C)(F)[C@@H]1O)Oc1ccccc1)C(=O)O. The molecule has 182 valence electrons. The quantitative estimate of drug-likeness (QED) is 0.368. The van der Waals surface area contributed by atoms with Crippen LogP contribution >= 0.6 is 7.75 Å². The summed E-state index contributed by atoms with van der Waals surface area (Å²) in [6.07, 6.45) is -4.80. The highest BCUT2D eigenvalue weighted by molar-refractivity contribution is 7.52. The van der Waals surface area contributed by atoms with Crippen LogP contribution < -0.4 is 14.9 Å². The Labute approximate surface area is 188 Å². The number of nitrogens with one attached hydrogen (secondary N) is 2. The molecule has 6 atom stereocenters. The normalized spacial score (nSPS) is 30.4. The van der Waals surface area contributed by atoms with Crippen LogP contribution in [0.5, 0.6) is 5.75 Å². The number of aliphatic carboxylic acids is 1. The molecule has 0 saturated carbocycles. The number of carbonyl (C=O) groups excluding carboxylic acids is 2. The predicted molar refractivity (Wildman–Crippen MR) is 110 cm³/mol. The summed E-state index contributed by atoms with van der Waals surface area (Å²) in [4.78, 5) is 35.6. The molecule has 0 spiro atoms. The number of alkyl halides is 1. The molecular formula is C19H25FN3O9P. The topological polar surface area (TPSA) is 164 Å². The fourth-order valence-electron chi connectivity index (χ4n) is 3.37. The largest absolute Gasteiger partial charge is 0.480 e. The van der Waals surface area contributed by atoms with Gasteiger partial charge in [0.05, 0.1) is 6.61 Å². The molecule has 2 aliphatic rings. The summed E-state index contributed by atoms with van der Waals surface area (Å²) < 4.78 is 44.7. The van der Waals surface area contributed by atoms with Crippen LogP contribution in [0.25, 0.3) is 0 Å². The standard InChI is InChI=1S/C19H25FN3O9P/c1-11(16(26)27)22-33(29,32-12-6-4-3-5-7-12)30-10-13-15(25)19(2,20)17(31-13)23-9-8-14(24)21-18(23)28/h3-7,11,13,15,17,25H,8-10H2,1-2H3,(H,22,29)(H,26,27)(H,21,24,28)/t11-,13+,15+,17+,19+,33-/m0/s1. The second-order valence-electron chi connectivity index (χ2n) is 7.81. The highest BCUT2D eigenvalue weighted by Crippen LogP contribution is 2.46. The maximum Gasteiger partial charge on any atom is 0.459 e. The third-order valence-corrected chi connectivity index (χ3v) is 6.83. The molecule has 2 saturated heterocycles. The first-order valence-corrected chi connectivity index (χ1v) is 11.6. The number of benzene rings is 1. The third-order valence-electron chi connectivity index (χ3n) is 5.19. The Balaban J connectivity index is 1.74. The molecule has 0 aliphatic carbocycles. The van der Waals surface area contributed by atoms with Crippen LogP contribution in [0, 0.1) is 0 Å². The number of hydrogen-bond donors (Lipinski definition) is 4. The monoisotopic (exact) mass is 489 g/mol. The van der Waals surface area contributed by atoms with Gasteiger partial charge in [0.1, 0.15) is 24.0 Å². The van der Waals surface area contributed by atoms with E-state index >= 15 is 4.39 Å². The number of halogens is 1. The summed E-state index contributed by atoms with van der Waals surface area (Å²) in [7, 11) is -4.33. The van der Waals surface area contributed by atoms with Crippen LogP contribution in [-0.2, 0) is 23.4 Å². The number of carboxylic acids is 1. The van der Waals surface area contributed by atoms with Crippen LogP contribution in [0.3, 0.4) is 0 Å². The van der Waals surface area contributed by atoms with E-state index in [2.05, 4.69) is 5.09 Å². The molecule has 0 unspecified atom stereocenters. The van der Waals surface area contributed by atoms with Crippen molar-refractivity contribution in [3.05, 3.63) is 30.3 Å². The Hall–Kier alpha value is -2.57. The van der Waals surface area contributed by atoms with Gasteiger partial charge in [-0.2, -0.15) is 5.09 Å². The zero-order valence-electron chi connectivity index (χ0n) is 17.8. The summed E-state index contributed by atoms with van der Waals surface area (Å²) in [5, 5.41) is 23.9. The smallest absolute Gasteiger partial charge is 0.459 e. The van der Waals surface area contributed by atoms with E-state index in [1.807, 2.05) is 5.32 Å². The van der Waals surface area contributed by atoms with Crippen molar-refractivity contribution in [2.24, 2.45) is 0 Å². The minimum atomic E-state index is -4.33. The zero-order valence-corrected chi connectivity index (χ0v) is 18.7. The van der Waals surface area contributed by atoms with Crippen LogP contribution in [0.4, 0.5) is 9.18 Å². The summed E-state index contributed by atoms with van der Waals surface area (Å²) >= 11 is 0. The highest BCUT2D eigenvalue weighted by atomic mass is 31.2. The number of carboxylic acid groups (broad SMARTS) is 1. The third kappa shape index (κ3) is 5.68. The first-order valence-electron chi connectivity index (χ1n) is 10.1. The number of rotatable bonds is 9. The molecule has 2 heterocycles. The fraction of sp³-hybridized carbons (Fsp3) is 0.526. The second-order valence-corrected chi connectivity index (χ2v) is 9.50. The van der Waals surface area contributed by atoms with Crippen molar-refractivity contribution < 1.29 is 47.3 Å². The van der Waals surface area contributed by atoms with E-state index in [1.54, 1.807) is 18.2 Å². The van der Waals surface area contributed by atoms with Gasteiger partial charge in [-0.3, -0.25) is 24.3 Å². The highest BCUT2D eigenvalue weighted by Gasteiger charge is 2.58. The van der Waals surface area contributed by atoms with E-state index in [0.29, 0.717) is 0 Å². The predicted octanol–water partition coefficient (Wildman–Crippen LogP) is 1.01. The molecule has 0 bridgehead atoms. The van der Waals surface area contributed by atoms with Gasteiger partial charge in [0.15, 0.2) is 11.9 Å². The minimum Gasteiger partial charge on any atom is -0.480 e. The van der Waals surface area contributed by atoms with Gasteiger partial charge in [0.2, 0.25) is 5.91 Å². The van der Waals surface area contributed by atoms with E-state index < -0.39 is 62.4 Å². The summed E-state index contributed by atoms with van der Waals surface area (Å²) in [6, 6.07) is 5.60. The van der Waals surface area contributed by atoms with Crippen LogP contribution in [-0.4, -0.2) is 76.3 Å². The molecule has 4 N–H and O–H groups in total. The van der Waals surface area contributed by atoms with Crippen LogP contribution in [0.2, 0.25) is 0 Å². The Morgan fingerprint density at radius 3 is 2.70 bits per heavy atom. The minimum absolute atomic E-state index is 0.0734. The van der Waals surface area contributed by atoms with Crippen molar-refractivity contribution in [1.29, 1.82) is 0 Å². The molecular weight excluding hydrogens is 464 g/mol. The summed E-state index contributed by atoms with van der Waals surface area (Å²) in [5.41, 5.74) is -2.45. The molecule has 2 aliphatic heterocycles. The lowest BCUT2D eigenvalue weighted by atomic mass is 9.97. The Bertz CT molecular complexity index is 948. The number of amides is 3. The number of carbonyl (C=O) groups is 3. The molecule has 1 aromatic rings. The van der Waals surface area contributed by atoms with E-state index in [0.717, 1.165) is 11.8 Å². The number of hydrogen-bond acceptors (Lipinski definition) is 8. The van der Waals surface area contributed by atoms with Gasteiger partial charge in [-0.05, 0) is 26.0 Å². The number of nitrogens with zero attached hydrogens (tertiary/aromatic N) is 1. The average molecular weight is 489 g/mol. The average Bonchev–Trinajstić information content (AvgIpc) is 2.96. The van der Waals surface area contributed by atoms with Crippen molar-refractivity contribution in [2.45, 2.75) is 50.4 Å². The number of urea groups is 1. The molecule has 2 fully saturated rings. The number of para-hydroxylation sites is 1. The lowest BCUT2D eigenvalue weighted by molar-refractivity contribution is -0.138. The molecule has 3 rings (SSSR count). The molecule has 1 aromatic carbocycles. The van der Waals surface area contributed by atoms with Gasteiger partial charge < -0.3 is 19.5 Å². The van der Waals surface area contributed by atoms with Crippen LogP contribution in [0.1, 0.15) is 20.3 Å². The maximum atomic E-state index is 15.3. The van der Waals surface area contributed by atoms with Gasteiger partial charge in [0.25, 0.3) is 0 Å². The molecule has 14 heteroatoms. The summed E-state index contributed by atoms with van der Waals surface area (Å²) in [6.45, 7) is 1.47. The van der Waals surface area contributed by atoms with Crippen molar-refractivity contribution in [3.8, 4) is 5.75 Å². The lowest BCUT2D eigenvalue weighted by Crippen LogP contribution is -2.59. The van der Waals surface area contributed by atoms with Gasteiger partial charge in [-0.1, -0.05) is 18.2 Å².